The van der Waals surface area contributed by atoms with E-state index in [2.05, 4.69) is 4.99 Å². The topological polar surface area (TPSA) is 34.4 Å². The van der Waals surface area contributed by atoms with Crippen LogP contribution in [0.5, 0.6) is 0 Å². The molecule has 0 saturated heterocycles. The molecule has 2 rings (SSSR count). The fourth-order valence-electron chi connectivity index (χ4n) is 1.36. The first-order valence-corrected chi connectivity index (χ1v) is 9.67. The quantitative estimate of drug-likeness (QED) is 0.705. The van der Waals surface area contributed by atoms with Crippen LogP contribution in [0.3, 0.4) is 0 Å². The molecule has 2 aromatic rings. The predicted molar refractivity (Wildman–Crippen MR) is 98.4 cm³/mol. The van der Waals surface area contributed by atoms with Gasteiger partial charge in [-0.3, -0.25) is 13.7 Å². The number of thiophene rings is 1. The number of hydrogen-bond acceptors (Lipinski definition) is 5. The lowest BCUT2D eigenvalue weighted by Crippen LogP contribution is -2.12. The molecule has 0 aliphatic heterocycles. The maximum atomic E-state index is 11.6. The normalized spacial score (nSPS) is 11.5. The van der Waals surface area contributed by atoms with E-state index in [1.807, 2.05) is 49.2 Å². The van der Waals surface area contributed by atoms with Gasteiger partial charge in [0.25, 0.3) is 5.56 Å². The van der Waals surface area contributed by atoms with Gasteiger partial charge >= 0.3 is 0 Å². The number of aromatic nitrogens is 1. The summed E-state index contributed by atoms with van der Waals surface area (Å²) < 4.78 is 2.09. The van der Waals surface area contributed by atoms with Crippen LogP contribution in [0.4, 0.5) is 0 Å². The largest absolute Gasteiger partial charge is 0.268 e. The van der Waals surface area contributed by atoms with Crippen LogP contribution in [0.15, 0.2) is 44.5 Å². The van der Waals surface area contributed by atoms with Crippen molar-refractivity contribution in [3.8, 4) is 0 Å². The highest BCUT2D eigenvalue weighted by Crippen LogP contribution is 2.16. The number of nitrogens with zero attached hydrogens (tertiary/aromatic N) is 2. The van der Waals surface area contributed by atoms with Crippen LogP contribution in [0.25, 0.3) is 0 Å². The van der Waals surface area contributed by atoms with Crippen molar-refractivity contribution in [2.24, 2.45) is 4.99 Å². The summed E-state index contributed by atoms with van der Waals surface area (Å²) in [7, 11) is 0. The van der Waals surface area contributed by atoms with E-state index in [0.717, 1.165) is 10.6 Å². The summed E-state index contributed by atoms with van der Waals surface area (Å²) in [6.07, 6.45) is 3.78. The molecule has 2 aromatic heterocycles. The molecule has 0 bridgehead atoms. The van der Waals surface area contributed by atoms with Crippen LogP contribution in [0.2, 0.25) is 4.34 Å². The highest BCUT2D eigenvalue weighted by molar-refractivity contribution is 8.01. The zero-order chi connectivity index (χ0) is 15.7. The molecule has 0 fully saturated rings. The lowest BCUT2D eigenvalue weighted by atomic mass is 10.4. The summed E-state index contributed by atoms with van der Waals surface area (Å²) in [5, 5.41) is 3.94. The van der Waals surface area contributed by atoms with Crippen LogP contribution in [-0.4, -0.2) is 16.4 Å². The summed E-state index contributed by atoms with van der Waals surface area (Å²) in [4.78, 5) is 17.1. The lowest BCUT2D eigenvalue weighted by Gasteiger charge is -2.01. The van der Waals surface area contributed by atoms with Crippen molar-refractivity contribution in [2.45, 2.75) is 20.4 Å². The molecular formula is C14H17ClN2OS3. The van der Waals surface area contributed by atoms with E-state index in [9.17, 15) is 4.79 Å². The second kappa shape index (κ2) is 10.00. The Morgan fingerprint density at radius 3 is 2.81 bits per heavy atom. The van der Waals surface area contributed by atoms with Gasteiger partial charge < -0.3 is 0 Å². The number of aliphatic imine (C=N–C) groups is 1. The Hall–Kier alpha value is -0.820. The number of rotatable bonds is 5. The Labute approximate surface area is 142 Å². The zero-order valence-corrected chi connectivity index (χ0v) is 15.3. The van der Waals surface area contributed by atoms with Gasteiger partial charge in [0.2, 0.25) is 0 Å². The molecule has 3 nitrogen and oxygen atoms in total. The molecule has 0 radical (unpaired) electrons. The van der Waals surface area contributed by atoms with Gasteiger partial charge in [-0.1, -0.05) is 31.5 Å². The predicted octanol–water partition coefficient (Wildman–Crippen LogP) is 4.97. The van der Waals surface area contributed by atoms with Gasteiger partial charge in [0.05, 0.1) is 12.2 Å². The molecule has 0 aliphatic carbocycles. The Kier molecular flexibility index (Phi) is 8.68. The third-order valence-corrected chi connectivity index (χ3v) is 4.59. The average molecular weight is 361 g/mol. The summed E-state index contributed by atoms with van der Waals surface area (Å²) in [5.74, 6) is 0. The standard InChI is InChI=1S/C12H11ClN2OS3.C2H6/c1-17-8-9(14-6-10-3-2-4-18-10)7-15-12(16)5-11(13)19-15;1-2/h2-6,8H,7H2,1H3;1-2H3/b9-8-,14-6?;. The van der Waals surface area contributed by atoms with Crippen molar-refractivity contribution >= 4 is 52.4 Å². The van der Waals surface area contributed by atoms with Gasteiger partial charge in [-0.25, -0.2) is 0 Å². The summed E-state index contributed by atoms with van der Waals surface area (Å²) in [6, 6.07) is 5.40. The molecular weight excluding hydrogens is 344 g/mol. The molecule has 0 atom stereocenters. The van der Waals surface area contributed by atoms with Crippen LogP contribution >= 0.6 is 46.2 Å². The van der Waals surface area contributed by atoms with E-state index in [-0.39, 0.29) is 5.56 Å². The molecule has 114 valence electrons. The molecule has 0 amide bonds. The van der Waals surface area contributed by atoms with Crippen LogP contribution in [0.1, 0.15) is 18.7 Å². The van der Waals surface area contributed by atoms with Gasteiger partial charge in [-0.05, 0) is 34.6 Å². The zero-order valence-electron chi connectivity index (χ0n) is 12.1. The first kappa shape index (κ1) is 18.2. The van der Waals surface area contributed by atoms with Gasteiger partial charge in [-0.2, -0.15) is 0 Å². The molecule has 0 aliphatic rings. The number of hydrogen-bond donors (Lipinski definition) is 0. The summed E-state index contributed by atoms with van der Waals surface area (Å²) >= 11 is 10.2. The maximum Gasteiger partial charge on any atom is 0.262 e. The summed E-state index contributed by atoms with van der Waals surface area (Å²) in [5.41, 5.74) is 0.745. The molecule has 21 heavy (non-hydrogen) atoms. The molecule has 2 heterocycles. The molecule has 0 N–H and O–H groups in total. The first-order chi connectivity index (χ1) is 10.2. The highest BCUT2D eigenvalue weighted by atomic mass is 35.5. The van der Waals surface area contributed by atoms with Gasteiger partial charge in [0.15, 0.2) is 0 Å². The third-order valence-electron chi connectivity index (χ3n) is 2.14. The van der Waals surface area contributed by atoms with Crippen molar-refractivity contribution in [2.75, 3.05) is 6.26 Å². The first-order valence-electron chi connectivity index (χ1n) is 6.35. The van der Waals surface area contributed by atoms with Crippen molar-refractivity contribution in [1.29, 1.82) is 0 Å². The number of halogens is 1. The van der Waals surface area contributed by atoms with Crippen molar-refractivity contribution in [1.82, 2.24) is 3.96 Å². The molecule has 0 unspecified atom stereocenters. The van der Waals surface area contributed by atoms with Crippen molar-refractivity contribution in [3.05, 3.63) is 54.3 Å². The summed E-state index contributed by atoms with van der Waals surface area (Å²) in [6.45, 7) is 4.44. The minimum absolute atomic E-state index is 0.0895. The lowest BCUT2D eigenvalue weighted by molar-refractivity contribution is 0.825. The second-order valence-corrected chi connectivity index (χ2v) is 6.91. The smallest absolute Gasteiger partial charge is 0.262 e. The molecule has 7 heteroatoms. The molecule has 0 spiro atoms. The fraction of sp³-hybridized carbons (Fsp3) is 0.286. The highest BCUT2D eigenvalue weighted by Gasteiger charge is 2.04. The SMILES string of the molecule is CC.CS/C=C(/Cn1sc(Cl)cc1=O)N=Cc1cccs1. The van der Waals surface area contributed by atoms with Crippen LogP contribution in [0, 0.1) is 0 Å². The van der Waals surface area contributed by atoms with E-state index < -0.39 is 0 Å². The maximum absolute atomic E-state index is 11.6. The number of allylic oxidation sites excluding steroid dienone is 1. The molecule has 0 aromatic carbocycles. The molecule has 0 saturated carbocycles. The van der Waals surface area contributed by atoms with E-state index in [1.54, 1.807) is 27.1 Å². The Morgan fingerprint density at radius 2 is 2.29 bits per heavy atom. The monoisotopic (exact) mass is 360 g/mol. The third kappa shape index (κ3) is 6.22. The van der Waals surface area contributed by atoms with Crippen LogP contribution in [-0.2, 0) is 6.54 Å². The Bertz CT molecular complexity index is 641. The van der Waals surface area contributed by atoms with E-state index in [0.29, 0.717) is 10.9 Å². The Balaban J connectivity index is 0.00000106. The number of thioether (sulfide) groups is 1. The van der Waals surface area contributed by atoms with Crippen molar-refractivity contribution < 1.29 is 0 Å². The minimum Gasteiger partial charge on any atom is -0.268 e. The van der Waals surface area contributed by atoms with Crippen molar-refractivity contribution in [3.63, 3.8) is 0 Å². The second-order valence-electron chi connectivity index (χ2n) is 3.53. The van der Waals surface area contributed by atoms with E-state index >= 15 is 0 Å². The van der Waals surface area contributed by atoms with Gasteiger partial charge in [0.1, 0.15) is 4.34 Å². The van der Waals surface area contributed by atoms with E-state index in [4.69, 9.17) is 11.6 Å². The van der Waals surface area contributed by atoms with Gasteiger partial charge in [-0.15, -0.1) is 23.1 Å². The minimum atomic E-state index is -0.0895. The fourth-order valence-corrected chi connectivity index (χ4v) is 3.40. The van der Waals surface area contributed by atoms with Crippen LogP contribution < -0.4 is 5.56 Å². The Morgan fingerprint density at radius 1 is 1.52 bits per heavy atom. The van der Waals surface area contributed by atoms with E-state index in [1.165, 1.54) is 17.6 Å². The average Bonchev–Trinajstić information content (AvgIpc) is 3.09. The van der Waals surface area contributed by atoms with Gasteiger partial charge in [0, 0.05) is 17.2 Å².